The fourth-order valence-electron chi connectivity index (χ4n) is 1.70. The second-order valence-corrected chi connectivity index (χ2v) is 5.09. The van der Waals surface area contributed by atoms with Crippen LogP contribution in [-0.2, 0) is 4.79 Å². The molecule has 0 aliphatic heterocycles. The standard InChI is InChI=1S/C13H15ClN2O3/c14-10-3-9(13(18)19)4-11(5-10)16-12(17)7-15-6-8-1-2-8/h3-5,8,15H,1-2,6-7H2,(H,16,17)(H,18,19). The highest BCUT2D eigenvalue weighted by molar-refractivity contribution is 6.31. The van der Waals surface area contributed by atoms with Gasteiger partial charge in [0, 0.05) is 10.7 Å². The molecule has 0 radical (unpaired) electrons. The van der Waals surface area contributed by atoms with E-state index < -0.39 is 5.97 Å². The van der Waals surface area contributed by atoms with Gasteiger partial charge in [-0.15, -0.1) is 0 Å². The van der Waals surface area contributed by atoms with E-state index in [9.17, 15) is 9.59 Å². The zero-order chi connectivity index (χ0) is 13.8. The van der Waals surface area contributed by atoms with E-state index in [0.717, 1.165) is 6.54 Å². The third-order valence-corrected chi connectivity index (χ3v) is 3.06. The van der Waals surface area contributed by atoms with E-state index in [1.807, 2.05) is 0 Å². The smallest absolute Gasteiger partial charge is 0.335 e. The Morgan fingerprint density at radius 2 is 2.05 bits per heavy atom. The van der Waals surface area contributed by atoms with Crippen molar-refractivity contribution in [1.29, 1.82) is 0 Å². The maximum Gasteiger partial charge on any atom is 0.335 e. The van der Waals surface area contributed by atoms with Gasteiger partial charge in [0.25, 0.3) is 0 Å². The summed E-state index contributed by atoms with van der Waals surface area (Å²) in [5.74, 6) is -0.582. The molecule has 5 nitrogen and oxygen atoms in total. The van der Waals surface area contributed by atoms with E-state index in [1.165, 1.54) is 31.0 Å². The molecule has 1 fully saturated rings. The number of halogens is 1. The summed E-state index contributed by atoms with van der Waals surface area (Å²) >= 11 is 5.80. The van der Waals surface area contributed by atoms with Crippen molar-refractivity contribution in [2.24, 2.45) is 5.92 Å². The van der Waals surface area contributed by atoms with Crippen LogP contribution in [0.3, 0.4) is 0 Å². The lowest BCUT2D eigenvalue weighted by atomic mass is 10.2. The van der Waals surface area contributed by atoms with Gasteiger partial charge in [-0.1, -0.05) is 11.6 Å². The number of carboxylic acids is 1. The molecule has 19 heavy (non-hydrogen) atoms. The first-order valence-corrected chi connectivity index (χ1v) is 6.47. The molecule has 1 aromatic carbocycles. The first-order chi connectivity index (χ1) is 9.04. The van der Waals surface area contributed by atoms with Crippen LogP contribution in [0.15, 0.2) is 18.2 Å². The first-order valence-electron chi connectivity index (χ1n) is 6.09. The van der Waals surface area contributed by atoms with Gasteiger partial charge in [0.05, 0.1) is 12.1 Å². The lowest BCUT2D eigenvalue weighted by molar-refractivity contribution is -0.115. The molecule has 0 aromatic heterocycles. The molecule has 1 aliphatic rings. The van der Waals surface area contributed by atoms with Crippen molar-refractivity contribution >= 4 is 29.2 Å². The van der Waals surface area contributed by atoms with Crippen molar-refractivity contribution in [3.8, 4) is 0 Å². The number of carboxylic acid groups (broad SMARTS) is 1. The highest BCUT2D eigenvalue weighted by Crippen LogP contribution is 2.27. The van der Waals surface area contributed by atoms with E-state index in [2.05, 4.69) is 10.6 Å². The molecule has 0 unspecified atom stereocenters. The lowest BCUT2D eigenvalue weighted by Crippen LogP contribution is -2.29. The second-order valence-electron chi connectivity index (χ2n) is 4.66. The van der Waals surface area contributed by atoms with Gasteiger partial charge in [-0.2, -0.15) is 0 Å². The van der Waals surface area contributed by atoms with Gasteiger partial charge in [0.15, 0.2) is 0 Å². The molecule has 0 bridgehead atoms. The molecule has 1 aliphatic carbocycles. The Labute approximate surface area is 116 Å². The topological polar surface area (TPSA) is 78.4 Å². The van der Waals surface area contributed by atoms with E-state index in [-0.39, 0.29) is 23.0 Å². The molecule has 1 saturated carbocycles. The molecule has 0 spiro atoms. The van der Waals surface area contributed by atoms with Crippen molar-refractivity contribution in [2.45, 2.75) is 12.8 Å². The van der Waals surface area contributed by atoms with Gasteiger partial charge in [-0.3, -0.25) is 4.79 Å². The SMILES string of the molecule is O=C(CNCC1CC1)Nc1cc(Cl)cc(C(=O)O)c1. The predicted octanol–water partition coefficient (Wildman–Crippen LogP) is 1.98. The third-order valence-electron chi connectivity index (χ3n) is 2.84. The monoisotopic (exact) mass is 282 g/mol. The number of aromatic carboxylic acids is 1. The van der Waals surface area contributed by atoms with Crippen LogP contribution < -0.4 is 10.6 Å². The Kier molecular flexibility index (Phi) is 4.39. The average molecular weight is 283 g/mol. The number of hydrogen-bond acceptors (Lipinski definition) is 3. The Morgan fingerprint density at radius 3 is 2.68 bits per heavy atom. The molecule has 1 amide bonds. The number of carbonyl (C=O) groups is 2. The van der Waals surface area contributed by atoms with Gasteiger partial charge in [0.1, 0.15) is 0 Å². The molecule has 6 heteroatoms. The van der Waals surface area contributed by atoms with Crippen molar-refractivity contribution in [2.75, 3.05) is 18.4 Å². The van der Waals surface area contributed by atoms with Crippen molar-refractivity contribution in [3.05, 3.63) is 28.8 Å². The zero-order valence-electron chi connectivity index (χ0n) is 10.3. The minimum Gasteiger partial charge on any atom is -0.478 e. The number of amides is 1. The molecule has 0 heterocycles. The van der Waals surface area contributed by atoms with Crippen LogP contribution in [0, 0.1) is 5.92 Å². The quantitative estimate of drug-likeness (QED) is 0.745. The lowest BCUT2D eigenvalue weighted by Gasteiger charge is -2.07. The summed E-state index contributed by atoms with van der Waals surface area (Å²) in [5.41, 5.74) is 0.442. The Morgan fingerprint density at radius 1 is 1.32 bits per heavy atom. The van der Waals surface area contributed by atoms with E-state index in [1.54, 1.807) is 0 Å². The molecule has 102 valence electrons. The maximum atomic E-state index is 11.6. The highest BCUT2D eigenvalue weighted by Gasteiger charge is 2.20. The molecule has 2 rings (SSSR count). The van der Waals surface area contributed by atoms with Gasteiger partial charge in [-0.05, 0) is 43.5 Å². The summed E-state index contributed by atoms with van der Waals surface area (Å²) in [5, 5.41) is 14.9. The molecule has 0 saturated heterocycles. The molecular formula is C13H15ClN2O3. The Hall–Kier alpha value is -1.59. The predicted molar refractivity (Wildman–Crippen MR) is 72.6 cm³/mol. The van der Waals surface area contributed by atoms with Crippen molar-refractivity contribution < 1.29 is 14.7 Å². The zero-order valence-corrected chi connectivity index (χ0v) is 11.0. The summed E-state index contributed by atoms with van der Waals surface area (Å²) < 4.78 is 0. The van der Waals surface area contributed by atoms with Crippen LogP contribution in [0.25, 0.3) is 0 Å². The number of rotatable bonds is 6. The van der Waals surface area contributed by atoms with Crippen LogP contribution in [0.1, 0.15) is 23.2 Å². The number of benzene rings is 1. The second kappa shape index (κ2) is 6.04. The third kappa shape index (κ3) is 4.54. The fourth-order valence-corrected chi connectivity index (χ4v) is 1.94. The van der Waals surface area contributed by atoms with Crippen LogP contribution in [0.2, 0.25) is 5.02 Å². The van der Waals surface area contributed by atoms with E-state index >= 15 is 0 Å². The molecule has 3 N–H and O–H groups in total. The van der Waals surface area contributed by atoms with Crippen LogP contribution in [0.4, 0.5) is 5.69 Å². The molecule has 1 aromatic rings. The van der Waals surface area contributed by atoms with E-state index in [4.69, 9.17) is 16.7 Å². The summed E-state index contributed by atoms with van der Waals surface area (Å²) in [6, 6.07) is 4.24. The highest BCUT2D eigenvalue weighted by atomic mass is 35.5. The van der Waals surface area contributed by atoms with Gasteiger partial charge in [-0.25, -0.2) is 4.79 Å². The summed E-state index contributed by atoms with van der Waals surface area (Å²) in [7, 11) is 0. The maximum absolute atomic E-state index is 11.6. The Bertz CT molecular complexity index is 501. The largest absolute Gasteiger partial charge is 0.478 e. The number of carbonyl (C=O) groups excluding carboxylic acids is 1. The average Bonchev–Trinajstić information content (AvgIpc) is 3.12. The van der Waals surface area contributed by atoms with Crippen LogP contribution in [0.5, 0.6) is 0 Å². The molecule has 0 atom stereocenters. The number of nitrogens with one attached hydrogen (secondary N) is 2. The minimum absolute atomic E-state index is 0.0498. The normalized spacial score (nSPS) is 14.2. The summed E-state index contributed by atoms with van der Waals surface area (Å²) in [6.07, 6.45) is 2.45. The molecular weight excluding hydrogens is 268 g/mol. The fraction of sp³-hybridized carbons (Fsp3) is 0.385. The minimum atomic E-state index is -1.08. The van der Waals surface area contributed by atoms with Gasteiger partial charge < -0.3 is 15.7 Å². The number of hydrogen-bond donors (Lipinski definition) is 3. The van der Waals surface area contributed by atoms with E-state index in [0.29, 0.717) is 11.6 Å². The van der Waals surface area contributed by atoms with Crippen LogP contribution >= 0.6 is 11.6 Å². The first kappa shape index (κ1) is 13.8. The van der Waals surface area contributed by atoms with Crippen molar-refractivity contribution in [1.82, 2.24) is 5.32 Å². The summed E-state index contributed by atoms with van der Waals surface area (Å²) in [6.45, 7) is 1.06. The summed E-state index contributed by atoms with van der Waals surface area (Å²) in [4.78, 5) is 22.5. The van der Waals surface area contributed by atoms with Crippen LogP contribution in [-0.4, -0.2) is 30.1 Å². The Balaban J connectivity index is 1.89. The number of anilines is 1. The van der Waals surface area contributed by atoms with Crippen molar-refractivity contribution in [3.63, 3.8) is 0 Å². The van der Waals surface area contributed by atoms with Gasteiger partial charge >= 0.3 is 5.97 Å². The van der Waals surface area contributed by atoms with Gasteiger partial charge in [0.2, 0.25) is 5.91 Å².